The third-order valence-electron chi connectivity index (χ3n) is 4.20. The van der Waals surface area contributed by atoms with Crippen LogP contribution in [0.15, 0.2) is 24.3 Å². The minimum atomic E-state index is -0.0583. The van der Waals surface area contributed by atoms with Gasteiger partial charge in [0.05, 0.1) is 0 Å². The molecule has 1 aromatic rings. The van der Waals surface area contributed by atoms with Gasteiger partial charge in [-0.15, -0.1) is 0 Å². The average molecular weight is 319 g/mol. The monoisotopic (exact) mass is 319 g/mol. The lowest BCUT2D eigenvalue weighted by atomic mass is 10.1. The van der Waals surface area contributed by atoms with Gasteiger partial charge in [0.2, 0.25) is 0 Å². The largest absolute Gasteiger partial charge is 0.508 e. The van der Waals surface area contributed by atoms with Crippen LogP contribution in [0, 0.1) is 0 Å². The fourth-order valence-corrected chi connectivity index (χ4v) is 2.71. The van der Waals surface area contributed by atoms with Crippen LogP contribution in [0.3, 0.4) is 0 Å². The molecule has 0 heterocycles. The minimum absolute atomic E-state index is 0.0583. The van der Waals surface area contributed by atoms with Gasteiger partial charge in [-0.05, 0) is 30.7 Å². The highest BCUT2D eigenvalue weighted by Gasteiger charge is 2.03. The van der Waals surface area contributed by atoms with E-state index in [1.54, 1.807) is 12.1 Å². The van der Waals surface area contributed by atoms with Crippen molar-refractivity contribution in [3.05, 3.63) is 29.8 Å². The Morgan fingerprint density at radius 2 is 1.30 bits per heavy atom. The molecule has 2 N–H and O–H groups in total. The van der Waals surface area contributed by atoms with Crippen molar-refractivity contribution >= 4 is 5.91 Å². The lowest BCUT2D eigenvalue weighted by Crippen LogP contribution is -2.24. The second-order valence-electron chi connectivity index (χ2n) is 6.34. The molecule has 0 saturated heterocycles. The Balaban J connectivity index is 1.89. The van der Waals surface area contributed by atoms with Gasteiger partial charge in [-0.1, -0.05) is 71.1 Å². The molecule has 0 bridgehead atoms. The van der Waals surface area contributed by atoms with E-state index in [1.807, 2.05) is 0 Å². The fraction of sp³-hybridized carbons (Fsp3) is 0.650. The van der Waals surface area contributed by atoms with Crippen LogP contribution in [0.1, 0.15) is 87.9 Å². The van der Waals surface area contributed by atoms with Crippen molar-refractivity contribution in [2.75, 3.05) is 6.54 Å². The van der Waals surface area contributed by atoms with Crippen molar-refractivity contribution in [2.45, 2.75) is 77.6 Å². The van der Waals surface area contributed by atoms with Gasteiger partial charge in [-0.3, -0.25) is 4.79 Å². The zero-order valence-electron chi connectivity index (χ0n) is 14.7. The zero-order valence-corrected chi connectivity index (χ0v) is 14.7. The topological polar surface area (TPSA) is 49.3 Å². The quantitative estimate of drug-likeness (QED) is 0.476. The van der Waals surface area contributed by atoms with E-state index in [0.717, 1.165) is 13.0 Å². The number of phenolic OH excluding ortho intramolecular Hbond substituents is 1. The van der Waals surface area contributed by atoms with E-state index in [4.69, 9.17) is 0 Å². The van der Waals surface area contributed by atoms with E-state index in [-0.39, 0.29) is 11.7 Å². The molecule has 0 aliphatic carbocycles. The molecule has 0 radical (unpaired) electrons. The molecule has 0 spiro atoms. The van der Waals surface area contributed by atoms with E-state index in [2.05, 4.69) is 12.2 Å². The number of unbranched alkanes of at least 4 members (excludes halogenated alkanes) is 10. The summed E-state index contributed by atoms with van der Waals surface area (Å²) in [6.07, 6.45) is 14.4. The minimum Gasteiger partial charge on any atom is -0.508 e. The SMILES string of the molecule is CCCCCCCCCCCCCNC(=O)c1ccc(O)cc1. The van der Waals surface area contributed by atoms with Gasteiger partial charge in [0.25, 0.3) is 5.91 Å². The standard InChI is InChI=1S/C20H33NO2/c1-2-3-4-5-6-7-8-9-10-11-12-17-21-20(23)18-13-15-19(22)16-14-18/h13-16,22H,2-12,17H2,1H3,(H,21,23). The molecule has 3 nitrogen and oxygen atoms in total. The number of hydrogen-bond donors (Lipinski definition) is 2. The highest BCUT2D eigenvalue weighted by atomic mass is 16.3. The fourth-order valence-electron chi connectivity index (χ4n) is 2.71. The number of carbonyl (C=O) groups is 1. The third-order valence-corrected chi connectivity index (χ3v) is 4.20. The van der Waals surface area contributed by atoms with E-state index in [0.29, 0.717) is 5.56 Å². The summed E-state index contributed by atoms with van der Waals surface area (Å²) in [7, 11) is 0. The molecule has 0 fully saturated rings. The van der Waals surface area contributed by atoms with Crippen LogP contribution in [0.2, 0.25) is 0 Å². The van der Waals surface area contributed by atoms with Gasteiger partial charge in [-0.2, -0.15) is 0 Å². The molecular formula is C20H33NO2. The average Bonchev–Trinajstić information content (AvgIpc) is 2.56. The van der Waals surface area contributed by atoms with Crippen molar-refractivity contribution < 1.29 is 9.90 Å². The van der Waals surface area contributed by atoms with Crippen molar-refractivity contribution in [3.63, 3.8) is 0 Å². The molecule has 0 aromatic heterocycles. The molecular weight excluding hydrogens is 286 g/mol. The highest BCUT2D eigenvalue weighted by Crippen LogP contribution is 2.11. The number of hydrogen-bond acceptors (Lipinski definition) is 2. The van der Waals surface area contributed by atoms with Crippen molar-refractivity contribution in [3.8, 4) is 5.75 Å². The van der Waals surface area contributed by atoms with Crippen LogP contribution >= 0.6 is 0 Å². The first-order valence-electron chi connectivity index (χ1n) is 9.31. The number of benzene rings is 1. The molecule has 130 valence electrons. The number of phenols is 1. The summed E-state index contributed by atoms with van der Waals surface area (Å²) in [6.45, 7) is 2.99. The van der Waals surface area contributed by atoms with Crippen molar-refractivity contribution in [2.24, 2.45) is 0 Å². The van der Waals surface area contributed by atoms with Crippen molar-refractivity contribution in [1.82, 2.24) is 5.32 Å². The molecule has 23 heavy (non-hydrogen) atoms. The molecule has 0 atom stereocenters. The second kappa shape index (κ2) is 13.0. The first-order chi connectivity index (χ1) is 11.2. The smallest absolute Gasteiger partial charge is 0.251 e. The predicted molar refractivity (Wildman–Crippen MR) is 96.9 cm³/mol. The van der Waals surface area contributed by atoms with Gasteiger partial charge < -0.3 is 10.4 Å². The Morgan fingerprint density at radius 3 is 1.83 bits per heavy atom. The van der Waals surface area contributed by atoms with Crippen LogP contribution in [0.4, 0.5) is 0 Å². The molecule has 0 saturated carbocycles. The summed E-state index contributed by atoms with van der Waals surface area (Å²) in [4.78, 5) is 11.8. The summed E-state index contributed by atoms with van der Waals surface area (Å²) in [5, 5.41) is 12.1. The van der Waals surface area contributed by atoms with E-state index < -0.39 is 0 Å². The first kappa shape index (κ1) is 19.5. The summed E-state index contributed by atoms with van der Waals surface area (Å²) in [6, 6.07) is 6.37. The summed E-state index contributed by atoms with van der Waals surface area (Å²) < 4.78 is 0. The van der Waals surface area contributed by atoms with E-state index in [1.165, 1.54) is 76.3 Å². The normalized spacial score (nSPS) is 10.7. The maximum atomic E-state index is 11.8. The maximum absolute atomic E-state index is 11.8. The molecule has 0 aliphatic heterocycles. The Bertz CT molecular complexity index is 414. The van der Waals surface area contributed by atoms with Gasteiger partial charge in [0.15, 0.2) is 0 Å². The van der Waals surface area contributed by atoms with Crippen LogP contribution < -0.4 is 5.32 Å². The third kappa shape index (κ3) is 9.98. The Labute approximate surface area is 141 Å². The van der Waals surface area contributed by atoms with Gasteiger partial charge >= 0.3 is 0 Å². The van der Waals surface area contributed by atoms with Crippen LogP contribution in [0.25, 0.3) is 0 Å². The molecule has 1 rings (SSSR count). The number of aromatic hydroxyl groups is 1. The number of amides is 1. The van der Waals surface area contributed by atoms with E-state index >= 15 is 0 Å². The Kier molecular flexibility index (Phi) is 11.0. The van der Waals surface area contributed by atoms with Gasteiger partial charge in [-0.25, -0.2) is 0 Å². The van der Waals surface area contributed by atoms with Crippen LogP contribution in [-0.2, 0) is 0 Å². The maximum Gasteiger partial charge on any atom is 0.251 e. The molecule has 1 amide bonds. The van der Waals surface area contributed by atoms with Gasteiger partial charge in [0, 0.05) is 12.1 Å². The predicted octanol–water partition coefficient (Wildman–Crippen LogP) is 5.43. The zero-order chi connectivity index (χ0) is 16.8. The highest BCUT2D eigenvalue weighted by molar-refractivity contribution is 5.94. The van der Waals surface area contributed by atoms with Crippen LogP contribution in [-0.4, -0.2) is 17.6 Å². The molecule has 3 heteroatoms. The Hall–Kier alpha value is -1.51. The summed E-state index contributed by atoms with van der Waals surface area (Å²) in [5.74, 6) is 0.129. The number of nitrogens with one attached hydrogen (secondary N) is 1. The lowest BCUT2D eigenvalue weighted by molar-refractivity contribution is 0.0953. The second-order valence-corrected chi connectivity index (χ2v) is 6.34. The van der Waals surface area contributed by atoms with Crippen LogP contribution in [0.5, 0.6) is 5.75 Å². The summed E-state index contributed by atoms with van der Waals surface area (Å²) in [5.41, 5.74) is 0.603. The van der Waals surface area contributed by atoms with Crippen molar-refractivity contribution in [1.29, 1.82) is 0 Å². The molecule has 0 unspecified atom stereocenters. The summed E-state index contributed by atoms with van der Waals surface area (Å²) >= 11 is 0. The number of carbonyl (C=O) groups excluding carboxylic acids is 1. The van der Waals surface area contributed by atoms with E-state index in [9.17, 15) is 9.90 Å². The molecule has 0 aliphatic rings. The lowest BCUT2D eigenvalue weighted by Gasteiger charge is -2.05. The first-order valence-corrected chi connectivity index (χ1v) is 9.31. The Morgan fingerprint density at radius 1 is 0.826 bits per heavy atom. The molecule has 1 aromatic carbocycles. The van der Waals surface area contributed by atoms with Gasteiger partial charge in [0.1, 0.15) is 5.75 Å². The number of rotatable bonds is 13.